The van der Waals surface area contributed by atoms with E-state index in [0.717, 1.165) is 5.56 Å². The van der Waals surface area contributed by atoms with Crippen LogP contribution in [0.25, 0.3) is 11.1 Å². The number of carbonyl (C=O) groups is 1. The summed E-state index contributed by atoms with van der Waals surface area (Å²) in [5.74, 6) is -0.680. The number of ether oxygens (including phenoxy) is 1. The van der Waals surface area contributed by atoms with E-state index in [-0.39, 0.29) is 5.56 Å². The molecule has 0 fully saturated rings. The summed E-state index contributed by atoms with van der Waals surface area (Å²) in [4.78, 5) is 15.2. The second kappa shape index (κ2) is 4.65. The van der Waals surface area contributed by atoms with Crippen LogP contribution in [-0.4, -0.2) is 23.2 Å². The van der Waals surface area contributed by atoms with Crippen LogP contribution in [0.15, 0.2) is 42.6 Å². The first-order chi connectivity index (χ1) is 8.24. The van der Waals surface area contributed by atoms with E-state index in [4.69, 9.17) is 9.84 Å². The van der Waals surface area contributed by atoms with Gasteiger partial charge in [0.2, 0.25) is 5.88 Å². The minimum absolute atomic E-state index is 0.183. The number of nitrogens with zero attached hydrogens (tertiary/aromatic N) is 1. The van der Waals surface area contributed by atoms with Gasteiger partial charge in [-0.3, -0.25) is 0 Å². The lowest BCUT2D eigenvalue weighted by atomic mass is 10.0. The van der Waals surface area contributed by atoms with E-state index in [1.165, 1.54) is 19.4 Å². The number of carboxylic acids is 1. The third kappa shape index (κ3) is 2.10. The zero-order chi connectivity index (χ0) is 12.3. The molecule has 0 aliphatic heterocycles. The summed E-state index contributed by atoms with van der Waals surface area (Å²) in [5, 5.41) is 9.16. The molecule has 0 saturated heterocycles. The Balaban J connectivity index is 2.69. The van der Waals surface area contributed by atoms with Crippen molar-refractivity contribution in [1.29, 1.82) is 0 Å². The molecule has 4 heteroatoms. The van der Waals surface area contributed by atoms with Crippen LogP contribution in [0.2, 0.25) is 0 Å². The number of methoxy groups -OCH3 is 1. The number of rotatable bonds is 3. The van der Waals surface area contributed by atoms with Crippen LogP contribution in [0.4, 0.5) is 0 Å². The third-order valence-corrected chi connectivity index (χ3v) is 2.40. The molecule has 0 aliphatic carbocycles. The fraction of sp³-hybridized carbons (Fsp3) is 0.0769. The highest BCUT2D eigenvalue weighted by Crippen LogP contribution is 2.31. The summed E-state index contributed by atoms with van der Waals surface area (Å²) in [6.45, 7) is 0. The Kier molecular flexibility index (Phi) is 3.05. The number of aromatic nitrogens is 1. The molecular formula is C13H11NO3. The van der Waals surface area contributed by atoms with Crippen molar-refractivity contribution in [2.75, 3.05) is 7.11 Å². The molecule has 4 nitrogen and oxygen atoms in total. The smallest absolute Gasteiger partial charge is 0.336 e. The maximum atomic E-state index is 11.2. The average molecular weight is 229 g/mol. The molecule has 0 aliphatic rings. The predicted molar refractivity (Wildman–Crippen MR) is 63.2 cm³/mol. The molecule has 17 heavy (non-hydrogen) atoms. The monoisotopic (exact) mass is 229 g/mol. The molecule has 0 amide bonds. The Morgan fingerprint density at radius 2 is 1.94 bits per heavy atom. The molecule has 1 aromatic heterocycles. The van der Waals surface area contributed by atoms with E-state index in [9.17, 15) is 4.79 Å². The van der Waals surface area contributed by atoms with Gasteiger partial charge < -0.3 is 9.84 Å². The number of aromatic carboxylic acids is 1. The van der Waals surface area contributed by atoms with Gasteiger partial charge in [-0.05, 0) is 11.6 Å². The highest BCUT2D eigenvalue weighted by Gasteiger charge is 2.17. The van der Waals surface area contributed by atoms with E-state index in [2.05, 4.69) is 4.98 Å². The lowest BCUT2D eigenvalue weighted by Gasteiger charge is -2.10. The Morgan fingerprint density at radius 1 is 1.24 bits per heavy atom. The molecule has 0 saturated carbocycles. The van der Waals surface area contributed by atoms with Gasteiger partial charge in [0.05, 0.1) is 18.2 Å². The van der Waals surface area contributed by atoms with Gasteiger partial charge in [-0.15, -0.1) is 0 Å². The van der Waals surface area contributed by atoms with Crippen molar-refractivity contribution in [2.45, 2.75) is 0 Å². The van der Waals surface area contributed by atoms with Crippen LogP contribution in [0.1, 0.15) is 10.4 Å². The molecule has 86 valence electrons. The first-order valence-corrected chi connectivity index (χ1v) is 5.05. The predicted octanol–water partition coefficient (Wildman–Crippen LogP) is 2.46. The Labute approximate surface area is 98.5 Å². The van der Waals surface area contributed by atoms with E-state index in [0.29, 0.717) is 11.4 Å². The van der Waals surface area contributed by atoms with Crippen molar-refractivity contribution >= 4 is 5.97 Å². The average Bonchev–Trinajstić information content (AvgIpc) is 2.38. The first-order valence-electron chi connectivity index (χ1n) is 5.05. The minimum atomic E-state index is -0.996. The Bertz CT molecular complexity index is 538. The molecule has 1 heterocycles. The van der Waals surface area contributed by atoms with Gasteiger partial charge in [0.15, 0.2) is 0 Å². The number of pyridine rings is 1. The topological polar surface area (TPSA) is 59.4 Å². The van der Waals surface area contributed by atoms with Gasteiger partial charge in [0, 0.05) is 6.20 Å². The van der Waals surface area contributed by atoms with E-state index in [1.54, 1.807) is 0 Å². The van der Waals surface area contributed by atoms with Gasteiger partial charge in [0.25, 0.3) is 0 Å². The lowest BCUT2D eigenvalue weighted by Crippen LogP contribution is -2.02. The molecule has 0 radical (unpaired) electrons. The number of hydrogen-bond donors (Lipinski definition) is 1. The van der Waals surface area contributed by atoms with Gasteiger partial charge in [-0.2, -0.15) is 0 Å². The quantitative estimate of drug-likeness (QED) is 0.878. The maximum absolute atomic E-state index is 11.2. The van der Waals surface area contributed by atoms with E-state index < -0.39 is 5.97 Å². The zero-order valence-electron chi connectivity index (χ0n) is 9.25. The molecule has 0 bridgehead atoms. The van der Waals surface area contributed by atoms with Crippen molar-refractivity contribution in [2.24, 2.45) is 0 Å². The fourth-order valence-corrected chi connectivity index (χ4v) is 1.66. The molecule has 0 unspecified atom stereocenters. The highest BCUT2D eigenvalue weighted by atomic mass is 16.5. The summed E-state index contributed by atoms with van der Waals surface area (Å²) in [7, 11) is 1.47. The fourth-order valence-electron chi connectivity index (χ4n) is 1.66. The third-order valence-electron chi connectivity index (χ3n) is 2.40. The summed E-state index contributed by atoms with van der Waals surface area (Å²) >= 11 is 0. The van der Waals surface area contributed by atoms with Gasteiger partial charge in [-0.25, -0.2) is 9.78 Å². The van der Waals surface area contributed by atoms with Crippen LogP contribution in [0, 0.1) is 0 Å². The largest absolute Gasteiger partial charge is 0.481 e. The molecule has 1 aromatic carbocycles. The summed E-state index contributed by atoms with van der Waals surface area (Å²) in [6.07, 6.45) is 1.43. The van der Waals surface area contributed by atoms with E-state index >= 15 is 0 Å². The summed E-state index contributed by atoms with van der Waals surface area (Å²) < 4.78 is 5.12. The SMILES string of the molecule is COc1nccc(C(=O)O)c1-c1ccccc1. The Morgan fingerprint density at radius 3 is 2.53 bits per heavy atom. The van der Waals surface area contributed by atoms with Crippen LogP contribution in [0.3, 0.4) is 0 Å². The van der Waals surface area contributed by atoms with Gasteiger partial charge in [0.1, 0.15) is 0 Å². The highest BCUT2D eigenvalue weighted by molar-refractivity contribution is 5.97. The molecule has 0 atom stereocenters. The van der Waals surface area contributed by atoms with Crippen molar-refractivity contribution < 1.29 is 14.6 Å². The van der Waals surface area contributed by atoms with Crippen LogP contribution in [0.5, 0.6) is 5.88 Å². The maximum Gasteiger partial charge on any atom is 0.336 e. The number of benzene rings is 1. The molecular weight excluding hydrogens is 218 g/mol. The summed E-state index contributed by atoms with van der Waals surface area (Å²) in [5.41, 5.74) is 1.46. The standard InChI is InChI=1S/C13H11NO3/c1-17-12-11(9-5-3-2-4-6-9)10(13(15)16)7-8-14-12/h2-8H,1H3,(H,15,16). The second-order valence-corrected chi connectivity index (χ2v) is 3.41. The van der Waals surface area contributed by atoms with Gasteiger partial charge >= 0.3 is 5.97 Å². The molecule has 1 N–H and O–H groups in total. The number of carboxylic acid groups (broad SMARTS) is 1. The van der Waals surface area contributed by atoms with Crippen molar-refractivity contribution in [3.8, 4) is 17.0 Å². The second-order valence-electron chi connectivity index (χ2n) is 3.41. The molecule has 0 spiro atoms. The first kappa shape index (κ1) is 11.1. The normalized spacial score (nSPS) is 9.94. The molecule has 2 rings (SSSR count). The zero-order valence-corrected chi connectivity index (χ0v) is 9.25. The minimum Gasteiger partial charge on any atom is -0.481 e. The van der Waals surface area contributed by atoms with Crippen LogP contribution in [-0.2, 0) is 0 Å². The molecule has 2 aromatic rings. The van der Waals surface area contributed by atoms with Crippen molar-refractivity contribution in [3.05, 3.63) is 48.2 Å². The van der Waals surface area contributed by atoms with Crippen molar-refractivity contribution in [1.82, 2.24) is 4.98 Å². The summed E-state index contributed by atoms with van der Waals surface area (Å²) in [6, 6.07) is 10.7. The van der Waals surface area contributed by atoms with E-state index in [1.807, 2.05) is 30.3 Å². The van der Waals surface area contributed by atoms with Crippen LogP contribution < -0.4 is 4.74 Å². The lowest BCUT2D eigenvalue weighted by molar-refractivity contribution is 0.0697. The van der Waals surface area contributed by atoms with Gasteiger partial charge in [-0.1, -0.05) is 30.3 Å². The van der Waals surface area contributed by atoms with Crippen molar-refractivity contribution in [3.63, 3.8) is 0 Å². The number of hydrogen-bond acceptors (Lipinski definition) is 3. The van der Waals surface area contributed by atoms with Crippen LogP contribution >= 0.6 is 0 Å². The Hall–Kier alpha value is -2.36.